The Morgan fingerprint density at radius 2 is 2.32 bits per heavy atom. The van der Waals surface area contributed by atoms with E-state index in [1.807, 2.05) is 6.07 Å². The Hall–Kier alpha value is -1.44. The van der Waals surface area contributed by atoms with Crippen molar-refractivity contribution in [2.75, 3.05) is 20.1 Å². The van der Waals surface area contributed by atoms with Crippen LogP contribution in [0, 0.1) is 17.1 Å². The molecule has 0 aliphatic carbocycles. The van der Waals surface area contributed by atoms with Gasteiger partial charge in [-0.1, -0.05) is 6.42 Å². The first kappa shape index (κ1) is 14.0. The molecule has 2 rings (SSSR count). The average molecular weight is 261 g/mol. The van der Waals surface area contributed by atoms with Crippen LogP contribution < -0.4 is 5.32 Å². The van der Waals surface area contributed by atoms with Gasteiger partial charge in [0.2, 0.25) is 0 Å². The van der Waals surface area contributed by atoms with Crippen LogP contribution in [0.3, 0.4) is 0 Å². The molecule has 0 amide bonds. The smallest absolute Gasteiger partial charge is 0.127 e. The van der Waals surface area contributed by atoms with E-state index in [1.54, 1.807) is 6.07 Å². The van der Waals surface area contributed by atoms with Crippen molar-refractivity contribution in [1.29, 1.82) is 5.26 Å². The monoisotopic (exact) mass is 261 g/mol. The van der Waals surface area contributed by atoms with E-state index < -0.39 is 0 Å². The molecule has 0 aromatic heterocycles. The van der Waals surface area contributed by atoms with E-state index >= 15 is 0 Å². The van der Waals surface area contributed by atoms with E-state index in [0.717, 1.165) is 13.1 Å². The summed E-state index contributed by atoms with van der Waals surface area (Å²) in [6, 6.07) is 7.07. The quantitative estimate of drug-likeness (QED) is 0.903. The number of hydrogen-bond donors (Lipinski definition) is 1. The topological polar surface area (TPSA) is 39.1 Å². The van der Waals surface area contributed by atoms with Gasteiger partial charge in [0.15, 0.2) is 0 Å². The fourth-order valence-corrected chi connectivity index (χ4v) is 2.56. The zero-order valence-electron chi connectivity index (χ0n) is 11.3. The lowest BCUT2D eigenvalue weighted by Gasteiger charge is -2.32. The zero-order valence-corrected chi connectivity index (χ0v) is 11.3. The number of likely N-dealkylation sites (N-methyl/N-ethyl adjacent to an activating group) is 1. The molecule has 3 nitrogen and oxygen atoms in total. The van der Waals surface area contributed by atoms with Crippen molar-refractivity contribution in [3.8, 4) is 6.07 Å². The molecule has 0 radical (unpaired) electrons. The fraction of sp³-hybridized carbons (Fsp3) is 0.533. The molecule has 1 N–H and O–H groups in total. The minimum Gasteiger partial charge on any atom is -0.311 e. The standard InChI is InChI=1S/C15H20FN3/c1-19-7-3-2-4-14(19)11-18-10-13-8-12(9-17)5-6-15(13)16/h5-6,8,14,18H,2-4,7,10-11H2,1H3. The molecular weight excluding hydrogens is 241 g/mol. The molecule has 102 valence electrons. The molecule has 1 aliphatic rings. The van der Waals surface area contributed by atoms with Crippen LogP contribution in [-0.4, -0.2) is 31.1 Å². The number of piperidine rings is 1. The van der Waals surface area contributed by atoms with E-state index in [4.69, 9.17) is 5.26 Å². The van der Waals surface area contributed by atoms with Gasteiger partial charge in [0.1, 0.15) is 5.82 Å². The summed E-state index contributed by atoms with van der Waals surface area (Å²) in [5.41, 5.74) is 1.07. The predicted molar refractivity (Wildman–Crippen MR) is 73.1 cm³/mol. The number of nitrogens with zero attached hydrogens (tertiary/aromatic N) is 2. The van der Waals surface area contributed by atoms with Gasteiger partial charge in [-0.15, -0.1) is 0 Å². The SMILES string of the molecule is CN1CCCCC1CNCc1cc(C#N)ccc1F. The van der Waals surface area contributed by atoms with Crippen LogP contribution in [0.4, 0.5) is 4.39 Å². The van der Waals surface area contributed by atoms with Gasteiger partial charge in [-0.2, -0.15) is 5.26 Å². The Labute approximate surface area is 114 Å². The van der Waals surface area contributed by atoms with Crippen LogP contribution in [0.25, 0.3) is 0 Å². The summed E-state index contributed by atoms with van der Waals surface area (Å²) in [4.78, 5) is 2.36. The Morgan fingerprint density at radius 3 is 3.05 bits per heavy atom. The van der Waals surface area contributed by atoms with Gasteiger partial charge < -0.3 is 10.2 Å². The van der Waals surface area contributed by atoms with Crippen molar-refractivity contribution in [1.82, 2.24) is 10.2 Å². The number of halogens is 1. The summed E-state index contributed by atoms with van der Waals surface area (Å²) in [5.74, 6) is -0.247. The van der Waals surface area contributed by atoms with Gasteiger partial charge in [0.25, 0.3) is 0 Å². The Kier molecular flexibility index (Phi) is 4.89. The highest BCUT2D eigenvalue weighted by atomic mass is 19.1. The van der Waals surface area contributed by atoms with E-state index in [-0.39, 0.29) is 5.82 Å². The van der Waals surface area contributed by atoms with Crippen molar-refractivity contribution in [3.63, 3.8) is 0 Å². The number of hydrogen-bond acceptors (Lipinski definition) is 3. The lowest BCUT2D eigenvalue weighted by molar-refractivity contribution is 0.181. The maximum Gasteiger partial charge on any atom is 0.127 e. The van der Waals surface area contributed by atoms with Gasteiger partial charge in [-0.05, 0) is 44.6 Å². The molecule has 4 heteroatoms. The lowest BCUT2D eigenvalue weighted by Crippen LogP contribution is -2.42. The second kappa shape index (κ2) is 6.65. The summed E-state index contributed by atoms with van der Waals surface area (Å²) < 4.78 is 13.6. The summed E-state index contributed by atoms with van der Waals surface area (Å²) >= 11 is 0. The normalized spacial score (nSPS) is 20.2. The number of nitriles is 1. The van der Waals surface area contributed by atoms with Crippen molar-refractivity contribution in [3.05, 3.63) is 35.1 Å². The van der Waals surface area contributed by atoms with Crippen LogP contribution in [0.1, 0.15) is 30.4 Å². The number of nitrogens with one attached hydrogen (secondary N) is 1. The van der Waals surface area contributed by atoms with Crippen LogP contribution in [-0.2, 0) is 6.54 Å². The van der Waals surface area contributed by atoms with Crippen LogP contribution in [0.2, 0.25) is 0 Å². The first-order chi connectivity index (χ1) is 9.20. The highest BCUT2D eigenvalue weighted by Crippen LogP contribution is 2.15. The summed E-state index contributed by atoms with van der Waals surface area (Å²) in [5, 5.41) is 12.1. The maximum absolute atomic E-state index is 13.6. The van der Waals surface area contributed by atoms with Crippen molar-refractivity contribution >= 4 is 0 Å². The zero-order chi connectivity index (χ0) is 13.7. The Balaban J connectivity index is 1.87. The molecule has 1 aromatic rings. The van der Waals surface area contributed by atoms with E-state index in [1.165, 1.54) is 31.4 Å². The summed E-state index contributed by atoms with van der Waals surface area (Å²) in [6.07, 6.45) is 3.74. The predicted octanol–water partition coefficient (Wildman–Crippen LogP) is 2.27. The summed E-state index contributed by atoms with van der Waals surface area (Å²) in [6.45, 7) is 2.49. The second-order valence-electron chi connectivity index (χ2n) is 5.18. The van der Waals surface area contributed by atoms with E-state index in [0.29, 0.717) is 23.7 Å². The number of rotatable bonds is 4. The molecule has 1 fully saturated rings. The molecule has 19 heavy (non-hydrogen) atoms. The van der Waals surface area contributed by atoms with Gasteiger partial charge in [-0.25, -0.2) is 4.39 Å². The fourth-order valence-electron chi connectivity index (χ4n) is 2.56. The highest BCUT2D eigenvalue weighted by molar-refractivity contribution is 5.33. The first-order valence-corrected chi connectivity index (χ1v) is 6.80. The first-order valence-electron chi connectivity index (χ1n) is 6.80. The minimum atomic E-state index is -0.247. The largest absolute Gasteiger partial charge is 0.311 e. The maximum atomic E-state index is 13.6. The van der Waals surface area contributed by atoms with Gasteiger partial charge >= 0.3 is 0 Å². The molecule has 0 spiro atoms. The molecule has 1 aliphatic heterocycles. The number of likely N-dealkylation sites (tertiary alicyclic amines) is 1. The third kappa shape index (κ3) is 3.76. The van der Waals surface area contributed by atoms with E-state index in [2.05, 4.69) is 17.3 Å². The third-order valence-corrected chi connectivity index (χ3v) is 3.79. The highest BCUT2D eigenvalue weighted by Gasteiger charge is 2.18. The minimum absolute atomic E-state index is 0.247. The molecule has 1 unspecified atom stereocenters. The molecule has 0 bridgehead atoms. The Bertz CT molecular complexity index is 467. The molecule has 0 saturated carbocycles. The summed E-state index contributed by atoms with van der Waals surface area (Å²) in [7, 11) is 2.14. The van der Waals surface area contributed by atoms with E-state index in [9.17, 15) is 4.39 Å². The third-order valence-electron chi connectivity index (χ3n) is 3.79. The molecule has 1 atom stereocenters. The lowest BCUT2D eigenvalue weighted by atomic mass is 10.0. The average Bonchev–Trinajstić information content (AvgIpc) is 2.43. The van der Waals surface area contributed by atoms with Gasteiger partial charge in [0.05, 0.1) is 11.6 Å². The van der Waals surface area contributed by atoms with Gasteiger partial charge in [-0.3, -0.25) is 0 Å². The van der Waals surface area contributed by atoms with Crippen molar-refractivity contribution in [2.45, 2.75) is 31.8 Å². The van der Waals surface area contributed by atoms with Crippen molar-refractivity contribution in [2.24, 2.45) is 0 Å². The van der Waals surface area contributed by atoms with Gasteiger partial charge in [0, 0.05) is 24.7 Å². The molecule has 1 saturated heterocycles. The second-order valence-corrected chi connectivity index (χ2v) is 5.18. The number of benzene rings is 1. The molecular formula is C15H20FN3. The van der Waals surface area contributed by atoms with Crippen LogP contribution in [0.15, 0.2) is 18.2 Å². The van der Waals surface area contributed by atoms with Crippen LogP contribution in [0.5, 0.6) is 0 Å². The van der Waals surface area contributed by atoms with Crippen molar-refractivity contribution < 1.29 is 4.39 Å². The van der Waals surface area contributed by atoms with Crippen LogP contribution >= 0.6 is 0 Å². The Morgan fingerprint density at radius 1 is 1.47 bits per heavy atom. The molecule has 1 aromatic carbocycles. The molecule has 1 heterocycles.